The van der Waals surface area contributed by atoms with Gasteiger partial charge in [-0.05, 0) is 54.9 Å². The lowest BCUT2D eigenvalue weighted by Gasteiger charge is -2.18. The maximum absolute atomic E-state index is 12.3. The minimum absolute atomic E-state index is 0.162. The summed E-state index contributed by atoms with van der Waals surface area (Å²) < 4.78 is 11.1. The van der Waals surface area contributed by atoms with Crippen LogP contribution in [0.3, 0.4) is 0 Å². The number of hydrogen-bond acceptors (Lipinski definition) is 6. The molecule has 0 saturated carbocycles. The summed E-state index contributed by atoms with van der Waals surface area (Å²) in [4.78, 5) is 19.6. The smallest absolute Gasteiger partial charge is 0.264 e. The quantitative estimate of drug-likeness (QED) is 0.766. The summed E-state index contributed by atoms with van der Waals surface area (Å²) in [6.45, 7) is 2.05. The van der Waals surface area contributed by atoms with E-state index in [0.717, 1.165) is 30.4 Å². The number of benzene rings is 1. The Balaban J connectivity index is 1.46. The van der Waals surface area contributed by atoms with E-state index in [1.807, 2.05) is 36.4 Å². The first-order valence-corrected chi connectivity index (χ1v) is 10.3. The molecule has 0 spiro atoms. The Bertz CT molecular complexity index is 894. The van der Waals surface area contributed by atoms with Gasteiger partial charge in [-0.3, -0.25) is 4.79 Å². The second-order valence-electron chi connectivity index (χ2n) is 6.76. The Kier molecular flexibility index (Phi) is 5.71. The van der Waals surface area contributed by atoms with E-state index in [1.165, 1.54) is 37.4 Å². The molecule has 0 aliphatic carbocycles. The fourth-order valence-electron chi connectivity index (χ4n) is 3.26. The topological polar surface area (TPSA) is 67.1 Å². The molecule has 0 unspecified atom stereocenters. The first-order valence-electron chi connectivity index (χ1n) is 9.50. The molecule has 1 aromatic carbocycles. The van der Waals surface area contributed by atoms with Crippen molar-refractivity contribution in [1.82, 2.24) is 5.32 Å². The zero-order chi connectivity index (χ0) is 19.3. The van der Waals surface area contributed by atoms with Crippen LogP contribution in [0.15, 0.2) is 50.7 Å². The highest BCUT2D eigenvalue weighted by Crippen LogP contribution is 2.30. The van der Waals surface area contributed by atoms with E-state index >= 15 is 0 Å². The van der Waals surface area contributed by atoms with Gasteiger partial charge in [0, 0.05) is 25.2 Å². The predicted octanol–water partition coefficient (Wildman–Crippen LogP) is 4.56. The van der Waals surface area contributed by atoms with E-state index in [1.54, 1.807) is 13.2 Å². The number of hydrogen-bond donors (Lipinski definition) is 1. The van der Waals surface area contributed by atoms with Crippen molar-refractivity contribution in [2.24, 2.45) is 4.99 Å². The molecule has 6 nitrogen and oxygen atoms in total. The fourth-order valence-corrected chi connectivity index (χ4v) is 4.09. The van der Waals surface area contributed by atoms with Crippen molar-refractivity contribution in [1.29, 1.82) is 0 Å². The van der Waals surface area contributed by atoms with Crippen molar-refractivity contribution in [2.75, 3.05) is 25.1 Å². The van der Waals surface area contributed by atoms with Gasteiger partial charge in [0.25, 0.3) is 5.91 Å². The number of rotatable bonds is 4. The number of nitrogens with zero attached hydrogens (tertiary/aromatic N) is 2. The van der Waals surface area contributed by atoms with E-state index < -0.39 is 0 Å². The number of amidine groups is 1. The summed E-state index contributed by atoms with van der Waals surface area (Å²) in [6, 6.07) is 11.3. The van der Waals surface area contributed by atoms with Crippen molar-refractivity contribution >= 4 is 40.5 Å². The number of ether oxygens (including phenoxy) is 1. The van der Waals surface area contributed by atoms with Crippen molar-refractivity contribution < 1.29 is 13.9 Å². The highest BCUT2D eigenvalue weighted by molar-refractivity contribution is 8.18. The Morgan fingerprint density at radius 3 is 2.57 bits per heavy atom. The van der Waals surface area contributed by atoms with Crippen LogP contribution in [-0.2, 0) is 4.79 Å². The molecule has 0 bridgehead atoms. The Hall–Kier alpha value is -2.67. The number of furan rings is 1. The lowest BCUT2D eigenvalue weighted by atomic mass is 10.2. The number of thioether (sulfide) groups is 1. The molecule has 2 aliphatic heterocycles. The van der Waals surface area contributed by atoms with E-state index in [9.17, 15) is 4.79 Å². The van der Waals surface area contributed by atoms with Crippen molar-refractivity contribution in [3.05, 3.63) is 47.1 Å². The minimum Gasteiger partial charge on any atom is -0.497 e. The number of anilines is 1. The minimum atomic E-state index is -0.162. The molecule has 146 valence electrons. The van der Waals surface area contributed by atoms with Gasteiger partial charge in [0.05, 0.1) is 17.7 Å². The highest BCUT2D eigenvalue weighted by Gasteiger charge is 2.24. The van der Waals surface area contributed by atoms with Gasteiger partial charge in [0.15, 0.2) is 11.1 Å². The predicted molar refractivity (Wildman–Crippen MR) is 113 cm³/mol. The normalized spacial score (nSPS) is 20.5. The molecule has 1 amide bonds. The Labute approximate surface area is 168 Å². The molecule has 1 N–H and O–H groups in total. The molecule has 2 saturated heterocycles. The van der Waals surface area contributed by atoms with Gasteiger partial charge < -0.3 is 19.4 Å². The summed E-state index contributed by atoms with van der Waals surface area (Å²) in [5, 5.41) is 3.36. The van der Waals surface area contributed by atoms with Gasteiger partial charge in [0.2, 0.25) is 0 Å². The lowest BCUT2D eigenvalue weighted by Crippen LogP contribution is -2.23. The molecule has 2 aromatic rings. The summed E-state index contributed by atoms with van der Waals surface area (Å²) in [5.41, 5.74) is 0.756. The second kappa shape index (κ2) is 8.56. The monoisotopic (exact) mass is 397 g/mol. The van der Waals surface area contributed by atoms with Gasteiger partial charge in [-0.1, -0.05) is 12.8 Å². The van der Waals surface area contributed by atoms with Gasteiger partial charge in [0.1, 0.15) is 11.5 Å². The molecule has 3 heterocycles. The van der Waals surface area contributed by atoms with Crippen LogP contribution < -0.4 is 15.0 Å². The van der Waals surface area contributed by atoms with Crippen LogP contribution in [-0.4, -0.2) is 31.3 Å². The number of nitrogens with one attached hydrogen (secondary N) is 1. The molecule has 28 heavy (non-hydrogen) atoms. The van der Waals surface area contributed by atoms with Gasteiger partial charge in [-0.2, -0.15) is 0 Å². The summed E-state index contributed by atoms with van der Waals surface area (Å²) in [5.74, 6) is 2.17. The molecule has 2 fully saturated rings. The van der Waals surface area contributed by atoms with E-state index in [-0.39, 0.29) is 5.91 Å². The average molecular weight is 398 g/mol. The largest absolute Gasteiger partial charge is 0.497 e. The number of aliphatic imine (C=N–C) groups is 1. The summed E-state index contributed by atoms with van der Waals surface area (Å²) >= 11 is 1.31. The van der Waals surface area contributed by atoms with Crippen LogP contribution in [0.1, 0.15) is 31.4 Å². The van der Waals surface area contributed by atoms with Gasteiger partial charge >= 0.3 is 0 Å². The maximum Gasteiger partial charge on any atom is 0.264 e. The summed E-state index contributed by atoms with van der Waals surface area (Å²) in [7, 11) is 1.62. The number of methoxy groups -OCH3 is 1. The van der Waals surface area contributed by atoms with Crippen LogP contribution in [0.25, 0.3) is 6.08 Å². The molecular formula is C21H23N3O3S. The molecule has 0 atom stereocenters. The Morgan fingerprint density at radius 2 is 1.86 bits per heavy atom. The second-order valence-corrected chi connectivity index (χ2v) is 7.79. The molecule has 0 radical (unpaired) electrons. The van der Waals surface area contributed by atoms with Crippen LogP contribution in [0.5, 0.6) is 5.75 Å². The SMILES string of the molecule is COc1ccc(N=C2NC(=O)/C(=C/c3ccc(N4CCCCCC4)o3)S2)cc1. The standard InChI is InChI=1S/C21H23N3O3S/c1-26-16-8-6-15(7-9-16)22-21-23-20(25)18(28-21)14-17-10-11-19(27-17)24-12-4-2-3-5-13-24/h6-11,14H,2-5,12-13H2,1H3,(H,22,23,25)/b18-14-. The maximum atomic E-state index is 12.3. The average Bonchev–Trinajstić information content (AvgIpc) is 3.19. The molecule has 2 aliphatic rings. The van der Waals surface area contributed by atoms with Crippen LogP contribution in [0, 0.1) is 0 Å². The van der Waals surface area contributed by atoms with E-state index in [4.69, 9.17) is 9.15 Å². The van der Waals surface area contributed by atoms with Gasteiger partial charge in [-0.15, -0.1) is 0 Å². The third-order valence-electron chi connectivity index (χ3n) is 4.76. The zero-order valence-electron chi connectivity index (χ0n) is 15.8. The van der Waals surface area contributed by atoms with Crippen LogP contribution in [0.4, 0.5) is 11.6 Å². The number of carbonyl (C=O) groups excluding carboxylic acids is 1. The molecule has 4 rings (SSSR count). The van der Waals surface area contributed by atoms with Crippen molar-refractivity contribution in [3.8, 4) is 5.75 Å². The molecule has 7 heteroatoms. The van der Waals surface area contributed by atoms with Crippen molar-refractivity contribution in [3.63, 3.8) is 0 Å². The number of carbonyl (C=O) groups is 1. The Morgan fingerprint density at radius 1 is 1.11 bits per heavy atom. The van der Waals surface area contributed by atoms with E-state index in [2.05, 4.69) is 15.2 Å². The van der Waals surface area contributed by atoms with Gasteiger partial charge in [-0.25, -0.2) is 4.99 Å². The highest BCUT2D eigenvalue weighted by atomic mass is 32.2. The zero-order valence-corrected chi connectivity index (χ0v) is 16.6. The first kappa shape index (κ1) is 18.7. The lowest BCUT2D eigenvalue weighted by molar-refractivity contribution is -0.115. The third-order valence-corrected chi connectivity index (χ3v) is 5.67. The first-order chi connectivity index (χ1) is 13.7. The number of amides is 1. The molecule has 1 aromatic heterocycles. The fraction of sp³-hybridized carbons (Fsp3) is 0.333. The molecular weight excluding hydrogens is 374 g/mol. The van der Waals surface area contributed by atoms with Crippen molar-refractivity contribution in [2.45, 2.75) is 25.7 Å². The van der Waals surface area contributed by atoms with E-state index in [0.29, 0.717) is 15.8 Å². The summed E-state index contributed by atoms with van der Waals surface area (Å²) in [6.07, 6.45) is 6.72. The third kappa shape index (κ3) is 4.42. The van der Waals surface area contributed by atoms with Crippen LogP contribution >= 0.6 is 11.8 Å². The van der Waals surface area contributed by atoms with Crippen LogP contribution in [0.2, 0.25) is 0 Å².